The molecular formula is C14H17N3O2S2. The molecule has 7 heteroatoms. The highest BCUT2D eigenvalue weighted by Crippen LogP contribution is 2.40. The van der Waals surface area contributed by atoms with Crippen molar-refractivity contribution in [3.63, 3.8) is 0 Å². The highest BCUT2D eigenvalue weighted by Gasteiger charge is 2.26. The monoisotopic (exact) mass is 323 g/mol. The number of aromatic nitrogens is 2. The van der Waals surface area contributed by atoms with E-state index in [9.17, 15) is 8.42 Å². The van der Waals surface area contributed by atoms with Gasteiger partial charge >= 0.3 is 0 Å². The Morgan fingerprint density at radius 1 is 1.38 bits per heavy atom. The van der Waals surface area contributed by atoms with E-state index in [0.29, 0.717) is 23.9 Å². The van der Waals surface area contributed by atoms with Gasteiger partial charge in [0.1, 0.15) is 4.90 Å². The molecule has 2 aromatic rings. The average molecular weight is 323 g/mol. The fraction of sp³-hybridized carbons (Fsp3) is 0.357. The van der Waals surface area contributed by atoms with Crippen LogP contribution in [-0.2, 0) is 16.6 Å². The summed E-state index contributed by atoms with van der Waals surface area (Å²) < 4.78 is 25.1. The molecule has 5 nitrogen and oxygen atoms in total. The van der Waals surface area contributed by atoms with Gasteiger partial charge in [0.25, 0.3) is 0 Å². The fourth-order valence-corrected chi connectivity index (χ4v) is 5.07. The highest BCUT2D eigenvalue weighted by atomic mass is 32.2. The minimum Gasteiger partial charge on any atom is -0.268 e. The van der Waals surface area contributed by atoms with E-state index in [2.05, 4.69) is 17.2 Å². The van der Waals surface area contributed by atoms with Crippen LogP contribution >= 0.6 is 11.8 Å². The standard InChI is InChI=1S/C14H17N3O2S2/c1-9-14(21(15,18)19)10(2)17(16-9)7-11-8-20-13-6-4-3-5-12(11)13/h3-6,11H,7-8H2,1-2H3,(H2,15,18,19). The molecule has 21 heavy (non-hydrogen) atoms. The maximum Gasteiger partial charge on any atom is 0.241 e. The summed E-state index contributed by atoms with van der Waals surface area (Å²) in [4.78, 5) is 1.46. The summed E-state index contributed by atoms with van der Waals surface area (Å²) in [5.41, 5.74) is 2.39. The normalized spacial score (nSPS) is 18.0. The van der Waals surface area contributed by atoms with E-state index in [1.54, 1.807) is 18.5 Å². The molecule has 0 aliphatic carbocycles. The van der Waals surface area contributed by atoms with Crippen LogP contribution in [0, 0.1) is 13.8 Å². The van der Waals surface area contributed by atoms with Crippen molar-refractivity contribution >= 4 is 21.8 Å². The number of hydrogen-bond donors (Lipinski definition) is 1. The van der Waals surface area contributed by atoms with Gasteiger partial charge in [-0.25, -0.2) is 13.6 Å². The van der Waals surface area contributed by atoms with Gasteiger partial charge < -0.3 is 0 Å². The Labute approximate surface area is 128 Å². The lowest BCUT2D eigenvalue weighted by atomic mass is 10.0. The van der Waals surface area contributed by atoms with Crippen LogP contribution in [0.3, 0.4) is 0 Å². The molecule has 112 valence electrons. The topological polar surface area (TPSA) is 78.0 Å². The zero-order valence-corrected chi connectivity index (χ0v) is 13.5. The molecule has 2 N–H and O–H groups in total. The summed E-state index contributed by atoms with van der Waals surface area (Å²) in [6.07, 6.45) is 0. The van der Waals surface area contributed by atoms with Crippen molar-refractivity contribution in [2.45, 2.75) is 36.1 Å². The van der Waals surface area contributed by atoms with E-state index in [0.717, 1.165) is 5.75 Å². The second kappa shape index (κ2) is 5.15. The molecule has 1 aromatic heterocycles. The van der Waals surface area contributed by atoms with Gasteiger partial charge in [0.2, 0.25) is 10.0 Å². The van der Waals surface area contributed by atoms with E-state index in [1.165, 1.54) is 10.5 Å². The Morgan fingerprint density at radius 2 is 2.10 bits per heavy atom. The summed E-state index contributed by atoms with van der Waals surface area (Å²) in [5, 5.41) is 9.63. The molecule has 1 aliphatic heterocycles. The molecule has 0 saturated heterocycles. The van der Waals surface area contributed by atoms with Crippen molar-refractivity contribution in [3.05, 3.63) is 41.2 Å². The van der Waals surface area contributed by atoms with Gasteiger partial charge in [-0.1, -0.05) is 18.2 Å². The van der Waals surface area contributed by atoms with Crippen molar-refractivity contribution < 1.29 is 8.42 Å². The van der Waals surface area contributed by atoms with E-state index < -0.39 is 10.0 Å². The first-order valence-electron chi connectivity index (χ1n) is 6.66. The predicted octanol–water partition coefficient (Wildman–Crippen LogP) is 2.04. The second-order valence-corrected chi connectivity index (χ2v) is 7.83. The number of fused-ring (bicyclic) bond motifs is 1. The zero-order chi connectivity index (χ0) is 15.2. The maximum atomic E-state index is 11.6. The van der Waals surface area contributed by atoms with Gasteiger partial charge in [-0.2, -0.15) is 5.10 Å². The molecular weight excluding hydrogens is 306 g/mol. The number of aryl methyl sites for hydroxylation is 1. The highest BCUT2D eigenvalue weighted by molar-refractivity contribution is 7.99. The predicted molar refractivity (Wildman–Crippen MR) is 83.0 cm³/mol. The number of nitrogens with zero attached hydrogens (tertiary/aromatic N) is 2. The quantitative estimate of drug-likeness (QED) is 0.937. The lowest BCUT2D eigenvalue weighted by Gasteiger charge is -2.12. The first-order chi connectivity index (χ1) is 9.88. The van der Waals surface area contributed by atoms with E-state index in [4.69, 9.17) is 5.14 Å². The first kappa shape index (κ1) is 14.6. The van der Waals surface area contributed by atoms with Crippen LogP contribution in [-0.4, -0.2) is 24.0 Å². The molecule has 1 unspecified atom stereocenters. The molecule has 0 amide bonds. The smallest absolute Gasteiger partial charge is 0.241 e. The maximum absolute atomic E-state index is 11.6. The van der Waals surface area contributed by atoms with Crippen LogP contribution in [0.4, 0.5) is 0 Å². The molecule has 1 aromatic carbocycles. The summed E-state index contributed by atoms with van der Waals surface area (Å²) in [6, 6.07) is 8.33. The lowest BCUT2D eigenvalue weighted by molar-refractivity contribution is 0.533. The van der Waals surface area contributed by atoms with Crippen LogP contribution in [0.2, 0.25) is 0 Å². The van der Waals surface area contributed by atoms with Crippen LogP contribution in [0.1, 0.15) is 22.9 Å². The Balaban J connectivity index is 1.95. The minimum absolute atomic E-state index is 0.154. The SMILES string of the molecule is Cc1nn(CC2CSc3ccccc32)c(C)c1S(N)(=O)=O. The third-order valence-electron chi connectivity index (χ3n) is 3.79. The Kier molecular flexibility index (Phi) is 3.59. The molecule has 0 radical (unpaired) electrons. The average Bonchev–Trinajstić information content (AvgIpc) is 2.92. The van der Waals surface area contributed by atoms with Gasteiger partial charge in [-0.15, -0.1) is 11.8 Å². The van der Waals surface area contributed by atoms with Gasteiger partial charge in [0, 0.05) is 23.1 Å². The van der Waals surface area contributed by atoms with Crippen LogP contribution < -0.4 is 5.14 Å². The Bertz CT molecular complexity index is 797. The molecule has 0 fully saturated rings. The van der Waals surface area contributed by atoms with E-state index in [-0.39, 0.29) is 4.90 Å². The fourth-order valence-electron chi connectivity index (χ4n) is 2.86. The summed E-state index contributed by atoms with van der Waals surface area (Å²) in [5.74, 6) is 1.33. The summed E-state index contributed by atoms with van der Waals surface area (Å²) >= 11 is 1.83. The van der Waals surface area contributed by atoms with Crippen LogP contribution in [0.25, 0.3) is 0 Å². The van der Waals surface area contributed by atoms with E-state index in [1.807, 2.05) is 23.9 Å². The third kappa shape index (κ3) is 2.61. The molecule has 0 spiro atoms. The first-order valence-corrected chi connectivity index (χ1v) is 9.19. The Morgan fingerprint density at radius 3 is 2.76 bits per heavy atom. The number of hydrogen-bond acceptors (Lipinski definition) is 4. The van der Waals surface area contributed by atoms with Crippen molar-refractivity contribution in [1.29, 1.82) is 0 Å². The molecule has 0 saturated carbocycles. The number of rotatable bonds is 3. The van der Waals surface area contributed by atoms with Crippen LogP contribution in [0.5, 0.6) is 0 Å². The Hall–Kier alpha value is -1.31. The van der Waals surface area contributed by atoms with Gasteiger partial charge in [-0.3, -0.25) is 4.68 Å². The number of benzene rings is 1. The number of nitrogens with two attached hydrogens (primary N) is 1. The molecule has 2 heterocycles. The summed E-state index contributed by atoms with van der Waals surface area (Å²) in [6.45, 7) is 4.11. The summed E-state index contributed by atoms with van der Waals surface area (Å²) in [7, 11) is -3.73. The lowest BCUT2D eigenvalue weighted by Crippen LogP contribution is -2.15. The van der Waals surface area contributed by atoms with Crippen molar-refractivity contribution in [1.82, 2.24) is 9.78 Å². The minimum atomic E-state index is -3.73. The van der Waals surface area contributed by atoms with Gasteiger partial charge in [0.05, 0.1) is 11.4 Å². The molecule has 0 bridgehead atoms. The number of sulfonamides is 1. The molecule has 1 aliphatic rings. The zero-order valence-electron chi connectivity index (χ0n) is 11.9. The van der Waals surface area contributed by atoms with Crippen molar-refractivity contribution in [2.24, 2.45) is 5.14 Å². The van der Waals surface area contributed by atoms with Crippen molar-refractivity contribution in [2.75, 3.05) is 5.75 Å². The number of primary sulfonamides is 1. The van der Waals surface area contributed by atoms with Gasteiger partial charge in [0.15, 0.2) is 0 Å². The van der Waals surface area contributed by atoms with Gasteiger partial charge in [-0.05, 0) is 25.5 Å². The third-order valence-corrected chi connectivity index (χ3v) is 6.20. The number of thioether (sulfide) groups is 1. The second-order valence-electron chi connectivity index (χ2n) is 5.27. The van der Waals surface area contributed by atoms with Crippen molar-refractivity contribution in [3.8, 4) is 0 Å². The molecule has 1 atom stereocenters. The molecule has 3 rings (SSSR count). The van der Waals surface area contributed by atoms with E-state index >= 15 is 0 Å². The van der Waals surface area contributed by atoms with Crippen LogP contribution in [0.15, 0.2) is 34.1 Å². The largest absolute Gasteiger partial charge is 0.268 e.